The third-order valence-corrected chi connectivity index (χ3v) is 3.68. The van der Waals surface area contributed by atoms with E-state index in [4.69, 9.17) is 28.5 Å². The van der Waals surface area contributed by atoms with Crippen molar-refractivity contribution in [3.63, 3.8) is 0 Å². The van der Waals surface area contributed by atoms with E-state index >= 15 is 0 Å². The lowest BCUT2D eigenvalue weighted by Gasteiger charge is -2.11. The number of nitriles is 1. The van der Waals surface area contributed by atoms with Crippen molar-refractivity contribution < 1.29 is 9.59 Å². The van der Waals surface area contributed by atoms with Crippen molar-refractivity contribution in [2.45, 2.75) is 18.9 Å². The lowest BCUT2D eigenvalue weighted by molar-refractivity contribution is -0.120. The molecule has 2 amide bonds. The Morgan fingerprint density at radius 2 is 2.10 bits per heavy atom. The van der Waals surface area contributed by atoms with E-state index in [2.05, 4.69) is 10.6 Å². The van der Waals surface area contributed by atoms with Gasteiger partial charge in [-0.1, -0.05) is 23.2 Å². The molecule has 2 rings (SSSR count). The smallest absolute Gasteiger partial charge is 0.253 e. The van der Waals surface area contributed by atoms with Crippen molar-refractivity contribution in [2.75, 3.05) is 6.54 Å². The van der Waals surface area contributed by atoms with Gasteiger partial charge in [0.25, 0.3) is 5.91 Å². The van der Waals surface area contributed by atoms with E-state index in [0.29, 0.717) is 5.02 Å². The summed E-state index contributed by atoms with van der Waals surface area (Å²) in [6.07, 6.45) is 1.90. The molecule has 5 nitrogen and oxygen atoms in total. The van der Waals surface area contributed by atoms with Crippen LogP contribution in [0.4, 0.5) is 0 Å². The summed E-state index contributed by atoms with van der Waals surface area (Å²) in [6.45, 7) is -0.206. The van der Waals surface area contributed by atoms with Gasteiger partial charge < -0.3 is 10.6 Å². The molecule has 2 N–H and O–H groups in total. The van der Waals surface area contributed by atoms with Crippen molar-refractivity contribution in [3.8, 4) is 6.07 Å². The topological polar surface area (TPSA) is 82.0 Å². The van der Waals surface area contributed by atoms with Crippen LogP contribution >= 0.6 is 23.2 Å². The minimum absolute atomic E-state index is 0.206. The van der Waals surface area contributed by atoms with Gasteiger partial charge in [0.15, 0.2) is 0 Å². The second-order valence-corrected chi connectivity index (χ2v) is 5.66. The molecule has 1 saturated carbocycles. The second-order valence-electron chi connectivity index (χ2n) is 4.82. The quantitative estimate of drug-likeness (QED) is 0.870. The first-order valence-corrected chi connectivity index (χ1v) is 7.19. The molecule has 110 valence electrons. The van der Waals surface area contributed by atoms with Crippen molar-refractivity contribution in [2.24, 2.45) is 5.92 Å². The molecule has 21 heavy (non-hydrogen) atoms. The second kappa shape index (κ2) is 6.79. The van der Waals surface area contributed by atoms with Crippen LogP contribution in [0.25, 0.3) is 0 Å². The molecule has 0 bridgehead atoms. The molecule has 1 aliphatic carbocycles. The van der Waals surface area contributed by atoms with Crippen LogP contribution in [-0.4, -0.2) is 24.4 Å². The molecule has 0 aromatic heterocycles. The van der Waals surface area contributed by atoms with Gasteiger partial charge in [-0.25, -0.2) is 0 Å². The van der Waals surface area contributed by atoms with Gasteiger partial charge in [-0.2, -0.15) is 5.26 Å². The fourth-order valence-corrected chi connectivity index (χ4v) is 2.33. The first-order valence-electron chi connectivity index (χ1n) is 6.43. The summed E-state index contributed by atoms with van der Waals surface area (Å²) in [6, 6.07) is 6.06. The highest BCUT2D eigenvalue weighted by Crippen LogP contribution is 2.32. The number of carbonyl (C=O) groups is 2. The molecule has 1 aliphatic rings. The highest BCUT2D eigenvalue weighted by Gasteiger charge is 2.32. The van der Waals surface area contributed by atoms with Crippen LogP contribution in [0.2, 0.25) is 10.0 Å². The Hall–Kier alpha value is -1.77. The van der Waals surface area contributed by atoms with Gasteiger partial charge in [-0.15, -0.1) is 0 Å². The Labute approximate surface area is 132 Å². The summed E-state index contributed by atoms with van der Waals surface area (Å²) < 4.78 is 0. The van der Waals surface area contributed by atoms with E-state index in [1.54, 1.807) is 6.07 Å². The molecule has 7 heteroatoms. The highest BCUT2D eigenvalue weighted by molar-refractivity contribution is 6.36. The van der Waals surface area contributed by atoms with Crippen LogP contribution in [0.3, 0.4) is 0 Å². The van der Waals surface area contributed by atoms with Crippen molar-refractivity contribution in [3.05, 3.63) is 33.8 Å². The molecule has 1 aromatic rings. The van der Waals surface area contributed by atoms with Gasteiger partial charge in [-0.3, -0.25) is 9.59 Å². The van der Waals surface area contributed by atoms with Crippen molar-refractivity contribution in [1.29, 1.82) is 5.26 Å². The number of nitrogens with zero attached hydrogens (tertiary/aromatic N) is 1. The van der Waals surface area contributed by atoms with E-state index in [0.717, 1.165) is 12.8 Å². The van der Waals surface area contributed by atoms with E-state index in [1.807, 2.05) is 6.07 Å². The zero-order valence-electron chi connectivity index (χ0n) is 11.0. The van der Waals surface area contributed by atoms with Gasteiger partial charge >= 0.3 is 0 Å². The van der Waals surface area contributed by atoms with Crippen LogP contribution in [0, 0.1) is 17.2 Å². The van der Waals surface area contributed by atoms with Gasteiger partial charge in [-0.05, 0) is 37.0 Å². The van der Waals surface area contributed by atoms with E-state index < -0.39 is 17.9 Å². The van der Waals surface area contributed by atoms with E-state index in [-0.39, 0.29) is 23.0 Å². The lowest BCUT2D eigenvalue weighted by Crippen LogP contribution is -2.42. The van der Waals surface area contributed by atoms with E-state index in [1.165, 1.54) is 12.1 Å². The third-order valence-electron chi connectivity index (χ3n) is 3.13. The minimum atomic E-state index is -0.478. The Bertz CT molecular complexity index is 609. The maximum atomic E-state index is 11.9. The largest absolute Gasteiger partial charge is 0.343 e. The molecule has 0 radical (unpaired) electrons. The predicted octanol–water partition coefficient (Wildman–Crippen LogP) is 2.14. The standard InChI is InChI=1S/C14H13Cl2N3O2/c15-9-3-4-10(11(16)5-9)14(21)18-7-13(20)19-12(6-17)8-1-2-8/h3-5,8,12H,1-2,7H2,(H,18,21)(H,19,20)/t12-/m1/s1. The average Bonchev–Trinajstić information content (AvgIpc) is 3.26. The summed E-state index contributed by atoms with van der Waals surface area (Å²) in [5.74, 6) is -0.626. The van der Waals surface area contributed by atoms with Crippen LogP contribution in [0.5, 0.6) is 0 Å². The molecule has 0 heterocycles. The van der Waals surface area contributed by atoms with Crippen LogP contribution < -0.4 is 10.6 Å². The molecule has 0 spiro atoms. The Kier molecular flexibility index (Phi) is 5.05. The van der Waals surface area contributed by atoms with Gasteiger partial charge in [0.05, 0.1) is 23.2 Å². The number of nitrogens with one attached hydrogen (secondary N) is 2. The molecule has 0 unspecified atom stereocenters. The lowest BCUT2D eigenvalue weighted by atomic mass is 10.2. The average molecular weight is 326 g/mol. The predicted molar refractivity (Wildman–Crippen MR) is 79.1 cm³/mol. The summed E-state index contributed by atoms with van der Waals surface area (Å²) in [5, 5.41) is 14.6. The highest BCUT2D eigenvalue weighted by atomic mass is 35.5. The fraction of sp³-hybridized carbons (Fsp3) is 0.357. The summed E-state index contributed by atoms with van der Waals surface area (Å²) in [7, 11) is 0. The number of carbonyl (C=O) groups excluding carboxylic acids is 2. The molecular formula is C14H13Cl2N3O2. The zero-order chi connectivity index (χ0) is 15.4. The SMILES string of the molecule is N#C[C@@H](NC(=O)CNC(=O)c1ccc(Cl)cc1Cl)C1CC1. The summed E-state index contributed by atoms with van der Waals surface area (Å²) in [4.78, 5) is 23.6. The number of amides is 2. The zero-order valence-corrected chi connectivity index (χ0v) is 12.5. The number of rotatable bonds is 5. The van der Waals surface area contributed by atoms with Crippen LogP contribution in [0.15, 0.2) is 18.2 Å². The van der Waals surface area contributed by atoms with Crippen molar-refractivity contribution >= 4 is 35.0 Å². The third kappa shape index (κ3) is 4.35. The van der Waals surface area contributed by atoms with Gasteiger partial charge in [0.2, 0.25) is 5.91 Å². The number of halogens is 2. The summed E-state index contributed by atoms with van der Waals surface area (Å²) >= 11 is 11.7. The summed E-state index contributed by atoms with van der Waals surface area (Å²) in [5.41, 5.74) is 0.243. The first-order chi connectivity index (χ1) is 10.0. The van der Waals surface area contributed by atoms with Crippen LogP contribution in [0.1, 0.15) is 23.2 Å². The maximum Gasteiger partial charge on any atom is 0.253 e. The monoisotopic (exact) mass is 325 g/mol. The number of benzene rings is 1. The fourth-order valence-electron chi connectivity index (χ4n) is 1.84. The minimum Gasteiger partial charge on any atom is -0.343 e. The molecule has 1 atom stereocenters. The number of hydrogen-bond donors (Lipinski definition) is 2. The van der Waals surface area contributed by atoms with Gasteiger partial charge in [0.1, 0.15) is 6.04 Å². The Morgan fingerprint density at radius 1 is 1.38 bits per heavy atom. The Balaban J connectivity index is 1.85. The van der Waals surface area contributed by atoms with Crippen molar-refractivity contribution in [1.82, 2.24) is 10.6 Å². The normalized spacial score (nSPS) is 14.9. The molecular weight excluding hydrogens is 313 g/mol. The van der Waals surface area contributed by atoms with Gasteiger partial charge in [0, 0.05) is 5.02 Å². The molecule has 1 aromatic carbocycles. The number of hydrogen-bond acceptors (Lipinski definition) is 3. The molecule has 1 fully saturated rings. The molecule has 0 aliphatic heterocycles. The Morgan fingerprint density at radius 3 is 2.67 bits per heavy atom. The van der Waals surface area contributed by atoms with Crippen LogP contribution in [-0.2, 0) is 4.79 Å². The molecule has 0 saturated heterocycles. The first kappa shape index (κ1) is 15.6. The maximum absolute atomic E-state index is 11.9. The van der Waals surface area contributed by atoms with E-state index in [9.17, 15) is 9.59 Å².